The van der Waals surface area contributed by atoms with Gasteiger partial charge in [0.2, 0.25) is 0 Å². The fraction of sp³-hybridized carbons (Fsp3) is 0.529. The van der Waals surface area contributed by atoms with Gasteiger partial charge in [0.05, 0.1) is 0 Å². The van der Waals surface area contributed by atoms with Crippen LogP contribution in [0, 0.1) is 0 Å². The van der Waals surface area contributed by atoms with E-state index < -0.39 is 6.36 Å². The Balaban J connectivity index is 0.00000196. The van der Waals surface area contributed by atoms with Gasteiger partial charge in [-0.25, -0.2) is 0 Å². The van der Waals surface area contributed by atoms with Crippen molar-refractivity contribution >= 4 is 12.4 Å². The fourth-order valence-electron chi connectivity index (χ4n) is 3.28. The number of likely N-dealkylation sites (tertiary alicyclic amines) is 1. The van der Waals surface area contributed by atoms with E-state index in [4.69, 9.17) is 4.52 Å². The van der Waals surface area contributed by atoms with Crippen LogP contribution in [0.3, 0.4) is 0 Å². The van der Waals surface area contributed by atoms with Crippen LogP contribution < -0.4 is 4.74 Å². The number of hydrogen-bond acceptors (Lipinski definition) is 5. The van der Waals surface area contributed by atoms with E-state index in [9.17, 15) is 13.2 Å². The number of halogens is 4. The van der Waals surface area contributed by atoms with Gasteiger partial charge in [-0.05, 0) is 63.0 Å². The lowest BCUT2D eigenvalue weighted by molar-refractivity contribution is -0.274. The van der Waals surface area contributed by atoms with Gasteiger partial charge in [-0.3, -0.25) is 0 Å². The molecule has 2 fully saturated rings. The van der Waals surface area contributed by atoms with Crippen molar-refractivity contribution in [2.45, 2.75) is 44.0 Å². The SMILES string of the molecule is Cl.FC(F)(F)Oc1ccc(-c2nc(C3CCN(C4CC4)CC3)no2)cc1. The first-order chi connectivity index (χ1) is 12.0. The minimum absolute atomic E-state index is 0. The van der Waals surface area contributed by atoms with E-state index in [-0.39, 0.29) is 24.1 Å². The van der Waals surface area contributed by atoms with E-state index in [1.807, 2.05) is 0 Å². The van der Waals surface area contributed by atoms with E-state index in [1.54, 1.807) is 0 Å². The normalized spacial score (nSPS) is 19.2. The van der Waals surface area contributed by atoms with Crippen molar-refractivity contribution in [2.75, 3.05) is 13.1 Å². The molecule has 2 aromatic rings. The van der Waals surface area contributed by atoms with Crippen LogP contribution in [0.1, 0.15) is 37.4 Å². The third-order valence-electron chi connectivity index (χ3n) is 4.73. The third-order valence-corrected chi connectivity index (χ3v) is 4.73. The Bertz CT molecular complexity index is 724. The number of alkyl halides is 3. The molecule has 1 aromatic carbocycles. The van der Waals surface area contributed by atoms with Crippen molar-refractivity contribution in [3.05, 3.63) is 30.1 Å². The van der Waals surface area contributed by atoms with Crippen molar-refractivity contribution in [3.63, 3.8) is 0 Å². The smallest absolute Gasteiger partial charge is 0.406 e. The number of piperidine rings is 1. The summed E-state index contributed by atoms with van der Waals surface area (Å²) in [6.45, 7) is 2.12. The molecule has 2 heterocycles. The lowest BCUT2D eigenvalue weighted by Gasteiger charge is -2.30. The summed E-state index contributed by atoms with van der Waals surface area (Å²) in [5.41, 5.74) is 0.573. The van der Waals surface area contributed by atoms with Gasteiger partial charge in [-0.15, -0.1) is 25.6 Å². The molecule has 0 spiro atoms. The summed E-state index contributed by atoms with van der Waals surface area (Å²) in [7, 11) is 0. The van der Waals surface area contributed by atoms with Gasteiger partial charge in [0.1, 0.15) is 5.75 Å². The molecule has 1 aliphatic carbocycles. The summed E-state index contributed by atoms with van der Waals surface area (Å²) in [6.07, 6.45) is -0.0632. The van der Waals surface area contributed by atoms with Gasteiger partial charge >= 0.3 is 6.36 Å². The molecule has 0 atom stereocenters. The quantitative estimate of drug-likeness (QED) is 0.775. The van der Waals surface area contributed by atoms with Crippen LogP contribution in [-0.2, 0) is 0 Å². The molecular formula is C17H19ClF3N3O2. The molecule has 0 unspecified atom stereocenters. The zero-order valence-electron chi connectivity index (χ0n) is 13.9. The molecule has 0 radical (unpaired) electrons. The maximum atomic E-state index is 12.2. The third kappa shape index (κ3) is 4.48. The number of nitrogens with zero attached hydrogens (tertiary/aromatic N) is 3. The predicted octanol–water partition coefficient (Wildman–Crippen LogP) is 4.40. The molecule has 0 bridgehead atoms. The number of hydrogen-bond donors (Lipinski definition) is 0. The average Bonchev–Trinajstić information content (AvgIpc) is 3.31. The molecule has 9 heteroatoms. The second-order valence-electron chi connectivity index (χ2n) is 6.57. The first-order valence-electron chi connectivity index (χ1n) is 8.42. The Kier molecular flexibility index (Phi) is 5.43. The summed E-state index contributed by atoms with van der Waals surface area (Å²) in [4.78, 5) is 6.96. The maximum absolute atomic E-state index is 12.2. The van der Waals surface area contributed by atoms with Crippen LogP contribution in [0.15, 0.2) is 28.8 Å². The average molecular weight is 390 g/mol. The molecular weight excluding hydrogens is 371 g/mol. The lowest BCUT2D eigenvalue weighted by Crippen LogP contribution is -2.34. The van der Waals surface area contributed by atoms with Crippen molar-refractivity contribution < 1.29 is 22.4 Å². The number of ether oxygens (including phenoxy) is 1. The summed E-state index contributed by atoms with van der Waals surface area (Å²) in [5, 5.41) is 4.07. The zero-order chi connectivity index (χ0) is 17.4. The molecule has 2 aliphatic rings. The van der Waals surface area contributed by atoms with E-state index in [1.165, 1.54) is 37.1 Å². The Labute approximate surface area is 154 Å². The summed E-state index contributed by atoms with van der Waals surface area (Å²) in [6, 6.07) is 6.21. The molecule has 5 nitrogen and oxygen atoms in total. The van der Waals surface area contributed by atoms with Crippen molar-refractivity contribution in [1.82, 2.24) is 15.0 Å². The Hall–Kier alpha value is -1.80. The highest BCUT2D eigenvalue weighted by atomic mass is 35.5. The van der Waals surface area contributed by atoms with Gasteiger partial charge in [0, 0.05) is 17.5 Å². The minimum Gasteiger partial charge on any atom is -0.406 e. The second-order valence-corrected chi connectivity index (χ2v) is 6.57. The van der Waals surface area contributed by atoms with E-state index in [0.29, 0.717) is 17.3 Å². The van der Waals surface area contributed by atoms with Crippen LogP contribution in [0.5, 0.6) is 5.75 Å². The van der Waals surface area contributed by atoms with Gasteiger partial charge < -0.3 is 14.2 Å². The Morgan fingerprint density at radius 1 is 1.04 bits per heavy atom. The fourth-order valence-corrected chi connectivity index (χ4v) is 3.28. The van der Waals surface area contributed by atoms with Gasteiger partial charge in [0.25, 0.3) is 5.89 Å². The largest absolute Gasteiger partial charge is 0.573 e. The van der Waals surface area contributed by atoms with Crippen LogP contribution in [0.2, 0.25) is 0 Å². The van der Waals surface area contributed by atoms with Crippen LogP contribution in [0.25, 0.3) is 11.5 Å². The Morgan fingerprint density at radius 2 is 1.69 bits per heavy atom. The lowest BCUT2D eigenvalue weighted by atomic mass is 9.96. The monoisotopic (exact) mass is 389 g/mol. The summed E-state index contributed by atoms with van der Waals surface area (Å²) >= 11 is 0. The standard InChI is InChI=1S/C17H18F3N3O2.ClH/c18-17(19,20)24-14-5-1-12(2-6-14)16-21-15(22-25-16)11-7-9-23(10-8-11)13-3-4-13;/h1-2,5-6,11,13H,3-4,7-10H2;1H. The molecule has 1 saturated heterocycles. The molecule has 142 valence electrons. The minimum atomic E-state index is -4.70. The van der Waals surface area contributed by atoms with E-state index in [2.05, 4.69) is 19.8 Å². The highest BCUT2D eigenvalue weighted by molar-refractivity contribution is 5.85. The van der Waals surface area contributed by atoms with Crippen LogP contribution >= 0.6 is 12.4 Å². The summed E-state index contributed by atoms with van der Waals surface area (Å²) < 4.78 is 45.7. The van der Waals surface area contributed by atoms with E-state index in [0.717, 1.165) is 32.0 Å². The van der Waals surface area contributed by atoms with E-state index >= 15 is 0 Å². The maximum Gasteiger partial charge on any atom is 0.573 e. The van der Waals surface area contributed by atoms with Crippen molar-refractivity contribution in [1.29, 1.82) is 0 Å². The molecule has 1 saturated carbocycles. The topological polar surface area (TPSA) is 51.4 Å². The highest BCUT2D eigenvalue weighted by Gasteiger charge is 2.33. The second kappa shape index (κ2) is 7.44. The van der Waals surface area contributed by atoms with Gasteiger partial charge in [-0.2, -0.15) is 4.98 Å². The van der Waals surface area contributed by atoms with Crippen molar-refractivity contribution in [3.8, 4) is 17.2 Å². The van der Waals surface area contributed by atoms with Gasteiger partial charge in [-0.1, -0.05) is 5.16 Å². The number of benzene rings is 1. The zero-order valence-corrected chi connectivity index (χ0v) is 14.7. The summed E-state index contributed by atoms with van der Waals surface area (Å²) in [5.74, 6) is 1.00. The molecule has 0 N–H and O–H groups in total. The van der Waals surface area contributed by atoms with Crippen LogP contribution in [-0.4, -0.2) is 40.5 Å². The first-order valence-corrected chi connectivity index (χ1v) is 8.42. The first kappa shape index (κ1) is 19.0. The molecule has 1 aromatic heterocycles. The number of aromatic nitrogens is 2. The Morgan fingerprint density at radius 3 is 2.27 bits per heavy atom. The molecule has 4 rings (SSSR count). The predicted molar refractivity (Wildman–Crippen MR) is 90.2 cm³/mol. The molecule has 1 aliphatic heterocycles. The van der Waals surface area contributed by atoms with Gasteiger partial charge in [0.15, 0.2) is 5.82 Å². The van der Waals surface area contributed by atoms with Crippen LogP contribution in [0.4, 0.5) is 13.2 Å². The molecule has 0 amide bonds. The number of rotatable bonds is 4. The highest BCUT2D eigenvalue weighted by Crippen LogP contribution is 2.34. The molecule has 26 heavy (non-hydrogen) atoms. The van der Waals surface area contributed by atoms with Crippen molar-refractivity contribution in [2.24, 2.45) is 0 Å².